The van der Waals surface area contributed by atoms with E-state index in [0.29, 0.717) is 18.5 Å². The number of benzene rings is 1. The Kier molecular flexibility index (Phi) is 4.20. The zero-order valence-corrected chi connectivity index (χ0v) is 13.1. The second-order valence-electron chi connectivity index (χ2n) is 5.55. The molecular formula is C18H16FNO4. The molecule has 0 spiro atoms. The Morgan fingerprint density at radius 1 is 1.29 bits per heavy atom. The fourth-order valence-electron chi connectivity index (χ4n) is 2.68. The first-order valence-corrected chi connectivity index (χ1v) is 7.58. The van der Waals surface area contributed by atoms with Gasteiger partial charge in [0.2, 0.25) is 5.78 Å². The second-order valence-corrected chi connectivity index (χ2v) is 5.55. The second kappa shape index (κ2) is 6.31. The first-order valence-electron chi connectivity index (χ1n) is 7.58. The topological polar surface area (TPSA) is 70.8 Å². The molecular weight excluding hydrogens is 313 g/mol. The van der Waals surface area contributed by atoms with Crippen molar-refractivity contribution in [2.24, 2.45) is 0 Å². The fraction of sp³-hybridized carbons (Fsp3) is 0.222. The lowest BCUT2D eigenvalue weighted by Gasteiger charge is -2.11. The van der Waals surface area contributed by atoms with Gasteiger partial charge in [-0.05, 0) is 30.7 Å². The minimum atomic E-state index is -0.549. The highest BCUT2D eigenvalue weighted by molar-refractivity contribution is 6.14. The van der Waals surface area contributed by atoms with E-state index in [9.17, 15) is 19.1 Å². The molecule has 0 bridgehead atoms. The Hall–Kier alpha value is -2.89. The van der Waals surface area contributed by atoms with E-state index in [1.165, 1.54) is 23.3 Å². The van der Waals surface area contributed by atoms with Crippen molar-refractivity contribution in [3.8, 4) is 0 Å². The van der Waals surface area contributed by atoms with E-state index < -0.39 is 17.4 Å². The van der Waals surface area contributed by atoms with Gasteiger partial charge in [0.05, 0.1) is 18.4 Å². The summed E-state index contributed by atoms with van der Waals surface area (Å²) in [5.74, 6) is -1.81. The summed E-state index contributed by atoms with van der Waals surface area (Å²) < 4.78 is 18.3. The number of furan rings is 1. The van der Waals surface area contributed by atoms with Crippen molar-refractivity contribution in [1.82, 2.24) is 4.90 Å². The molecule has 0 radical (unpaired) electrons. The van der Waals surface area contributed by atoms with Crippen LogP contribution in [0.2, 0.25) is 0 Å². The molecule has 124 valence electrons. The van der Waals surface area contributed by atoms with Crippen molar-refractivity contribution in [1.29, 1.82) is 0 Å². The molecule has 0 saturated carbocycles. The van der Waals surface area contributed by atoms with Gasteiger partial charge < -0.3 is 14.4 Å². The number of hydrogen-bond donors (Lipinski definition) is 1. The SMILES string of the molecule is CCN1CC(C(=O)c2occc2Cc2ccc(F)cc2)=C(O)C1=O. The molecule has 2 heterocycles. The number of halogens is 1. The van der Waals surface area contributed by atoms with Crippen molar-refractivity contribution in [3.63, 3.8) is 0 Å². The molecule has 2 aromatic rings. The molecule has 0 saturated heterocycles. The number of likely N-dealkylation sites (N-methyl/N-ethyl adjacent to an activating group) is 1. The standard InChI is InChI=1S/C18H16FNO4/c1-2-20-10-14(16(22)18(20)23)15(21)17-12(7-8-24-17)9-11-3-5-13(19)6-4-11/h3-8,22H,2,9-10H2,1H3. The highest BCUT2D eigenvalue weighted by Crippen LogP contribution is 2.24. The van der Waals surface area contributed by atoms with Gasteiger partial charge in [0.25, 0.3) is 5.91 Å². The Balaban J connectivity index is 1.86. The Bertz CT molecular complexity index is 820. The summed E-state index contributed by atoms with van der Waals surface area (Å²) >= 11 is 0. The third-order valence-corrected chi connectivity index (χ3v) is 4.04. The van der Waals surface area contributed by atoms with Crippen LogP contribution in [0, 0.1) is 5.82 Å². The number of amides is 1. The molecule has 0 atom stereocenters. The maximum atomic E-state index is 13.0. The number of aliphatic hydroxyl groups is 1. The highest BCUT2D eigenvalue weighted by atomic mass is 19.1. The van der Waals surface area contributed by atoms with Crippen molar-refractivity contribution in [3.05, 3.63) is 70.6 Å². The molecule has 0 aliphatic carbocycles. The molecule has 1 aromatic carbocycles. The lowest BCUT2D eigenvalue weighted by Crippen LogP contribution is -2.27. The number of Topliss-reactive ketones (excluding diaryl/α,β-unsaturated/α-hetero) is 1. The van der Waals surface area contributed by atoms with Crippen LogP contribution in [0.5, 0.6) is 0 Å². The first kappa shape index (κ1) is 16.0. The van der Waals surface area contributed by atoms with Gasteiger partial charge in [-0.1, -0.05) is 12.1 Å². The van der Waals surface area contributed by atoms with Crippen LogP contribution < -0.4 is 0 Å². The van der Waals surface area contributed by atoms with Crippen LogP contribution in [0.25, 0.3) is 0 Å². The minimum absolute atomic E-state index is 0.0390. The predicted octanol–water partition coefficient (Wildman–Crippen LogP) is 2.87. The van der Waals surface area contributed by atoms with E-state index in [0.717, 1.165) is 5.56 Å². The van der Waals surface area contributed by atoms with Gasteiger partial charge >= 0.3 is 0 Å². The number of hydrogen-bond acceptors (Lipinski definition) is 4. The lowest BCUT2D eigenvalue weighted by atomic mass is 10.0. The Morgan fingerprint density at radius 2 is 2.00 bits per heavy atom. The molecule has 24 heavy (non-hydrogen) atoms. The molecule has 1 amide bonds. The third-order valence-electron chi connectivity index (χ3n) is 4.04. The molecule has 0 unspecified atom stereocenters. The summed E-state index contributed by atoms with van der Waals surface area (Å²) in [4.78, 5) is 25.8. The van der Waals surface area contributed by atoms with E-state index in [4.69, 9.17) is 4.42 Å². The predicted molar refractivity (Wildman–Crippen MR) is 84.2 cm³/mol. The van der Waals surface area contributed by atoms with E-state index in [1.807, 2.05) is 0 Å². The summed E-state index contributed by atoms with van der Waals surface area (Å²) in [6, 6.07) is 7.61. The molecule has 0 fully saturated rings. The van der Waals surface area contributed by atoms with Crippen molar-refractivity contribution in [2.75, 3.05) is 13.1 Å². The zero-order valence-electron chi connectivity index (χ0n) is 13.1. The normalized spacial score (nSPS) is 14.6. The number of ketones is 1. The fourth-order valence-corrected chi connectivity index (χ4v) is 2.68. The minimum Gasteiger partial charge on any atom is -0.503 e. The van der Waals surface area contributed by atoms with Gasteiger partial charge in [-0.25, -0.2) is 4.39 Å². The summed E-state index contributed by atoms with van der Waals surface area (Å²) in [7, 11) is 0. The highest BCUT2D eigenvalue weighted by Gasteiger charge is 2.35. The zero-order chi connectivity index (χ0) is 17.3. The average molecular weight is 329 g/mol. The largest absolute Gasteiger partial charge is 0.503 e. The number of aliphatic hydroxyl groups excluding tert-OH is 1. The van der Waals surface area contributed by atoms with E-state index in [2.05, 4.69) is 0 Å². The Labute approximate surface area is 138 Å². The molecule has 1 N–H and O–H groups in total. The lowest BCUT2D eigenvalue weighted by molar-refractivity contribution is -0.127. The molecule has 1 aliphatic heterocycles. The van der Waals surface area contributed by atoms with Gasteiger partial charge in [0.1, 0.15) is 5.82 Å². The molecule has 5 nitrogen and oxygen atoms in total. The van der Waals surface area contributed by atoms with Gasteiger partial charge in [-0.15, -0.1) is 0 Å². The van der Waals surface area contributed by atoms with Gasteiger partial charge in [-0.3, -0.25) is 9.59 Å². The van der Waals surface area contributed by atoms with Gasteiger partial charge in [0, 0.05) is 18.5 Å². The smallest absolute Gasteiger partial charge is 0.289 e. The van der Waals surface area contributed by atoms with Crippen LogP contribution in [0.4, 0.5) is 4.39 Å². The van der Waals surface area contributed by atoms with Crippen LogP contribution in [0.3, 0.4) is 0 Å². The number of rotatable bonds is 5. The maximum Gasteiger partial charge on any atom is 0.289 e. The molecule has 1 aromatic heterocycles. The first-order chi connectivity index (χ1) is 11.5. The molecule has 3 rings (SSSR count). The van der Waals surface area contributed by atoms with Crippen LogP contribution >= 0.6 is 0 Å². The third kappa shape index (κ3) is 2.82. The summed E-state index contributed by atoms with van der Waals surface area (Å²) in [6.07, 6.45) is 1.77. The van der Waals surface area contributed by atoms with Crippen LogP contribution in [0.1, 0.15) is 28.6 Å². The Morgan fingerprint density at radius 3 is 2.62 bits per heavy atom. The summed E-state index contributed by atoms with van der Waals surface area (Å²) in [6.45, 7) is 2.24. The maximum absolute atomic E-state index is 13.0. The van der Waals surface area contributed by atoms with Crippen LogP contribution in [0.15, 0.2) is 52.3 Å². The number of nitrogens with zero attached hydrogens (tertiary/aromatic N) is 1. The number of carbonyl (C=O) groups excluding carboxylic acids is 2. The van der Waals surface area contributed by atoms with Crippen molar-refractivity contribution in [2.45, 2.75) is 13.3 Å². The van der Waals surface area contributed by atoms with Crippen molar-refractivity contribution >= 4 is 11.7 Å². The van der Waals surface area contributed by atoms with Crippen LogP contribution in [-0.2, 0) is 11.2 Å². The quantitative estimate of drug-likeness (QED) is 0.856. The summed E-state index contributed by atoms with van der Waals surface area (Å²) in [5, 5.41) is 9.92. The van der Waals surface area contributed by atoms with Gasteiger partial charge in [0.15, 0.2) is 11.5 Å². The molecule has 1 aliphatic rings. The number of carbonyl (C=O) groups is 2. The monoisotopic (exact) mass is 329 g/mol. The van der Waals surface area contributed by atoms with Crippen LogP contribution in [-0.4, -0.2) is 34.8 Å². The van der Waals surface area contributed by atoms with E-state index in [-0.39, 0.29) is 23.7 Å². The van der Waals surface area contributed by atoms with Crippen molar-refractivity contribution < 1.29 is 23.5 Å². The van der Waals surface area contributed by atoms with E-state index in [1.54, 1.807) is 25.1 Å². The summed E-state index contributed by atoms with van der Waals surface area (Å²) in [5.41, 5.74) is 1.48. The molecule has 6 heteroatoms. The van der Waals surface area contributed by atoms with E-state index >= 15 is 0 Å². The average Bonchev–Trinajstić information content (AvgIpc) is 3.15. The van der Waals surface area contributed by atoms with Gasteiger partial charge in [-0.2, -0.15) is 0 Å².